The zero-order valence-electron chi connectivity index (χ0n) is 16.4. The number of amides is 2. The van der Waals surface area contributed by atoms with Crippen molar-refractivity contribution >= 4 is 52.5 Å². The van der Waals surface area contributed by atoms with E-state index in [-0.39, 0.29) is 16.8 Å². The average molecular weight is 429 g/mol. The number of nitrogens with one attached hydrogen (secondary N) is 1. The molecule has 1 heterocycles. The van der Waals surface area contributed by atoms with Crippen LogP contribution in [0.4, 0.5) is 5.69 Å². The van der Waals surface area contributed by atoms with Gasteiger partial charge in [-0.3, -0.25) is 19.8 Å². The van der Waals surface area contributed by atoms with Crippen LogP contribution in [-0.2, 0) is 9.59 Å². The van der Waals surface area contributed by atoms with Crippen LogP contribution in [0.3, 0.4) is 0 Å². The molecule has 2 aromatic carbocycles. The summed E-state index contributed by atoms with van der Waals surface area (Å²) < 4.78 is 5.93. The Hall–Kier alpha value is -2.70. The molecule has 0 bridgehead atoms. The number of nitrogens with zero attached hydrogens (tertiary/aromatic N) is 1. The lowest BCUT2D eigenvalue weighted by atomic mass is 10.1. The summed E-state index contributed by atoms with van der Waals surface area (Å²) in [5, 5.41) is 3.12. The number of halogens is 1. The summed E-state index contributed by atoms with van der Waals surface area (Å²) in [5.74, 6) is -0.453. The van der Waals surface area contributed by atoms with Gasteiger partial charge in [-0.1, -0.05) is 42.8 Å². The fourth-order valence-corrected chi connectivity index (χ4v) is 3.32. The van der Waals surface area contributed by atoms with Gasteiger partial charge in [0.15, 0.2) is 5.11 Å². The first-order valence-corrected chi connectivity index (χ1v) is 10.0. The zero-order valence-corrected chi connectivity index (χ0v) is 17.9. The van der Waals surface area contributed by atoms with Crippen LogP contribution in [0.15, 0.2) is 48.0 Å². The molecule has 1 N–H and O–H groups in total. The van der Waals surface area contributed by atoms with Crippen LogP contribution in [-0.4, -0.2) is 23.0 Å². The average Bonchev–Trinajstić information content (AvgIpc) is 2.69. The van der Waals surface area contributed by atoms with E-state index in [0.717, 1.165) is 6.42 Å². The van der Waals surface area contributed by atoms with Gasteiger partial charge in [-0.25, -0.2) is 0 Å². The third-order valence-corrected chi connectivity index (χ3v) is 5.40. The van der Waals surface area contributed by atoms with Crippen molar-refractivity contribution in [2.45, 2.75) is 33.3 Å². The van der Waals surface area contributed by atoms with Gasteiger partial charge in [0, 0.05) is 10.6 Å². The van der Waals surface area contributed by atoms with E-state index >= 15 is 0 Å². The van der Waals surface area contributed by atoms with Crippen molar-refractivity contribution in [3.63, 3.8) is 0 Å². The molecular weight excluding hydrogens is 408 g/mol. The number of para-hydroxylation sites is 1. The maximum absolute atomic E-state index is 13.2. The number of hydrogen-bond acceptors (Lipinski definition) is 4. The van der Waals surface area contributed by atoms with Gasteiger partial charge in [0.05, 0.1) is 11.8 Å². The predicted octanol–water partition coefficient (Wildman–Crippen LogP) is 4.66. The van der Waals surface area contributed by atoms with Crippen LogP contribution in [0, 0.1) is 6.92 Å². The molecule has 2 aromatic rings. The number of hydrogen-bond donors (Lipinski definition) is 1. The van der Waals surface area contributed by atoms with E-state index in [2.05, 4.69) is 5.32 Å². The van der Waals surface area contributed by atoms with Gasteiger partial charge in [-0.05, 0) is 62.3 Å². The zero-order chi connectivity index (χ0) is 21.1. The molecule has 0 saturated carbocycles. The standard InChI is InChI=1S/C22H21ClN2O3S/c1-4-13(2)28-19-11-6-5-8-15(19)12-16-20(26)24-22(29)25(21(16)27)18-10-7-9-17(23)14(18)3/h5-13H,4H2,1-3H3,(H,24,26,29)/b16-12+/t13-/m1/s1. The fraction of sp³-hybridized carbons (Fsp3) is 0.227. The summed E-state index contributed by atoms with van der Waals surface area (Å²) in [4.78, 5) is 27.1. The summed E-state index contributed by atoms with van der Waals surface area (Å²) in [7, 11) is 0. The highest BCUT2D eigenvalue weighted by atomic mass is 35.5. The summed E-state index contributed by atoms with van der Waals surface area (Å²) in [6.45, 7) is 5.78. The lowest BCUT2D eigenvalue weighted by Crippen LogP contribution is -2.54. The molecule has 1 aliphatic heterocycles. The minimum Gasteiger partial charge on any atom is -0.490 e. The minimum absolute atomic E-state index is 0.00335. The van der Waals surface area contributed by atoms with Crippen molar-refractivity contribution in [2.24, 2.45) is 0 Å². The summed E-state index contributed by atoms with van der Waals surface area (Å²) in [6, 6.07) is 12.5. The molecule has 0 aromatic heterocycles. The number of rotatable bonds is 5. The van der Waals surface area contributed by atoms with Gasteiger partial charge in [0.1, 0.15) is 11.3 Å². The highest BCUT2D eigenvalue weighted by molar-refractivity contribution is 7.80. The second-order valence-electron chi connectivity index (χ2n) is 6.72. The molecular formula is C22H21ClN2O3S. The number of carbonyl (C=O) groups excluding carboxylic acids is 2. The van der Waals surface area contributed by atoms with Crippen molar-refractivity contribution in [3.8, 4) is 5.75 Å². The van der Waals surface area contributed by atoms with E-state index in [1.54, 1.807) is 31.2 Å². The van der Waals surface area contributed by atoms with Gasteiger partial charge in [-0.2, -0.15) is 0 Å². The van der Waals surface area contributed by atoms with Gasteiger partial charge >= 0.3 is 0 Å². The van der Waals surface area contributed by atoms with Crippen LogP contribution in [0.5, 0.6) is 5.75 Å². The monoisotopic (exact) mass is 428 g/mol. The van der Waals surface area contributed by atoms with E-state index in [1.807, 2.05) is 32.0 Å². The normalized spacial score (nSPS) is 16.8. The fourth-order valence-electron chi connectivity index (χ4n) is 2.88. The largest absolute Gasteiger partial charge is 0.490 e. The van der Waals surface area contributed by atoms with Gasteiger partial charge < -0.3 is 4.74 Å². The maximum Gasteiger partial charge on any atom is 0.270 e. The molecule has 0 unspecified atom stereocenters. The van der Waals surface area contributed by atoms with E-state index in [9.17, 15) is 9.59 Å². The minimum atomic E-state index is -0.547. The van der Waals surface area contributed by atoms with Crippen LogP contribution in [0.25, 0.3) is 6.08 Å². The first-order valence-electron chi connectivity index (χ1n) is 9.25. The van der Waals surface area contributed by atoms with Crippen LogP contribution >= 0.6 is 23.8 Å². The number of thiocarbonyl (C=S) groups is 1. The second kappa shape index (κ2) is 8.76. The lowest BCUT2D eigenvalue weighted by Gasteiger charge is -2.30. The van der Waals surface area contributed by atoms with E-state index in [1.165, 1.54) is 11.0 Å². The topological polar surface area (TPSA) is 58.6 Å². The van der Waals surface area contributed by atoms with Crippen molar-refractivity contribution in [1.29, 1.82) is 0 Å². The van der Waals surface area contributed by atoms with Crippen LogP contribution in [0.1, 0.15) is 31.4 Å². The molecule has 1 fully saturated rings. The Bertz CT molecular complexity index is 1020. The number of anilines is 1. The van der Waals surface area contributed by atoms with Gasteiger partial charge in [0.2, 0.25) is 0 Å². The Labute approximate surface area is 180 Å². The van der Waals surface area contributed by atoms with Crippen LogP contribution < -0.4 is 15.0 Å². The molecule has 1 atom stereocenters. The smallest absolute Gasteiger partial charge is 0.270 e. The Kier molecular flexibility index (Phi) is 6.35. The predicted molar refractivity (Wildman–Crippen MR) is 119 cm³/mol. The van der Waals surface area contributed by atoms with Gasteiger partial charge in [0.25, 0.3) is 11.8 Å². The highest BCUT2D eigenvalue weighted by Crippen LogP contribution is 2.30. The van der Waals surface area contributed by atoms with Gasteiger partial charge in [-0.15, -0.1) is 0 Å². The summed E-state index contributed by atoms with van der Waals surface area (Å²) in [5.41, 5.74) is 1.84. The third kappa shape index (κ3) is 4.33. The molecule has 150 valence electrons. The molecule has 0 spiro atoms. The Morgan fingerprint density at radius 3 is 2.66 bits per heavy atom. The Morgan fingerprint density at radius 1 is 1.21 bits per heavy atom. The SMILES string of the molecule is CC[C@@H](C)Oc1ccccc1/C=C1\C(=O)NC(=S)N(c2cccc(Cl)c2C)C1=O. The van der Waals surface area contributed by atoms with Crippen molar-refractivity contribution in [2.75, 3.05) is 4.90 Å². The first-order chi connectivity index (χ1) is 13.8. The summed E-state index contributed by atoms with van der Waals surface area (Å²) in [6.07, 6.45) is 2.37. The quantitative estimate of drug-likeness (QED) is 0.427. The third-order valence-electron chi connectivity index (χ3n) is 4.70. The molecule has 1 saturated heterocycles. The summed E-state index contributed by atoms with van der Waals surface area (Å²) >= 11 is 11.5. The number of benzene rings is 2. The van der Waals surface area contributed by atoms with Crippen LogP contribution in [0.2, 0.25) is 5.02 Å². The van der Waals surface area contributed by atoms with Crippen molar-refractivity contribution in [3.05, 3.63) is 64.2 Å². The molecule has 0 aliphatic carbocycles. The molecule has 2 amide bonds. The molecule has 3 rings (SSSR count). The van der Waals surface area contributed by atoms with E-state index < -0.39 is 11.8 Å². The number of ether oxygens (including phenoxy) is 1. The van der Waals surface area contributed by atoms with E-state index in [0.29, 0.717) is 27.6 Å². The Morgan fingerprint density at radius 2 is 1.93 bits per heavy atom. The lowest BCUT2D eigenvalue weighted by molar-refractivity contribution is -0.122. The molecule has 7 heteroatoms. The second-order valence-corrected chi connectivity index (χ2v) is 7.51. The number of carbonyl (C=O) groups is 2. The first kappa shape index (κ1) is 21.0. The Balaban J connectivity index is 2.04. The molecule has 29 heavy (non-hydrogen) atoms. The molecule has 1 aliphatic rings. The van der Waals surface area contributed by atoms with E-state index in [4.69, 9.17) is 28.6 Å². The molecule has 0 radical (unpaired) electrons. The van der Waals surface area contributed by atoms with Crippen molar-refractivity contribution in [1.82, 2.24) is 5.32 Å². The van der Waals surface area contributed by atoms with Crippen molar-refractivity contribution < 1.29 is 14.3 Å². The maximum atomic E-state index is 13.2. The highest BCUT2D eigenvalue weighted by Gasteiger charge is 2.35. The molecule has 5 nitrogen and oxygen atoms in total.